The van der Waals surface area contributed by atoms with Crippen molar-refractivity contribution >= 4 is 11.6 Å². The topological polar surface area (TPSA) is 15.3 Å². The molecule has 1 saturated heterocycles. The van der Waals surface area contributed by atoms with E-state index in [1.54, 1.807) is 5.54 Å². The Morgan fingerprint density at radius 1 is 1.73 bits per heavy atom. The maximum Gasteiger partial charge on any atom is 0.0210 e. The third kappa shape index (κ3) is 3.23. The van der Waals surface area contributed by atoms with Crippen molar-refractivity contribution in [2.24, 2.45) is 0 Å². The summed E-state index contributed by atoms with van der Waals surface area (Å²) in [6.07, 6.45) is 3.19. The van der Waals surface area contributed by atoms with Gasteiger partial charge in [-0.3, -0.25) is 0 Å². The highest BCUT2D eigenvalue weighted by atomic mass is 35.5. The van der Waals surface area contributed by atoms with Gasteiger partial charge in [0.25, 0.3) is 0 Å². The lowest BCUT2D eigenvalue weighted by Gasteiger charge is -2.10. The average molecular weight is 175 g/mol. The van der Waals surface area contributed by atoms with Crippen molar-refractivity contribution in [3.63, 3.8) is 0 Å². The van der Waals surface area contributed by atoms with Gasteiger partial charge in [0.05, 0.1) is 0 Å². The normalized spacial score (nSPS) is 26.9. The van der Waals surface area contributed by atoms with Gasteiger partial charge in [-0.2, -0.15) is 0 Å². The molecule has 1 aliphatic heterocycles. The maximum absolute atomic E-state index is 5.38. The van der Waals surface area contributed by atoms with Crippen LogP contribution in [0.3, 0.4) is 0 Å². The predicted octanol–water partition coefficient (Wildman–Crippen LogP) is 1.03. The van der Waals surface area contributed by atoms with E-state index in [0.29, 0.717) is 6.04 Å². The van der Waals surface area contributed by atoms with E-state index >= 15 is 0 Å². The van der Waals surface area contributed by atoms with E-state index in [1.807, 2.05) is 6.08 Å². The third-order valence-corrected chi connectivity index (χ3v) is 2.18. The summed E-state index contributed by atoms with van der Waals surface area (Å²) < 4.78 is 0. The first-order chi connectivity index (χ1) is 5.33. The zero-order valence-electron chi connectivity index (χ0n) is 6.89. The highest BCUT2D eigenvalue weighted by Gasteiger charge is 2.17. The molecule has 1 unspecified atom stereocenters. The number of nitrogens with zero attached hydrogens (tertiary/aromatic N) is 1. The molecule has 1 atom stereocenters. The van der Waals surface area contributed by atoms with Gasteiger partial charge in [-0.15, -0.1) is 0 Å². The van der Waals surface area contributed by atoms with Gasteiger partial charge in [0.1, 0.15) is 0 Å². The van der Waals surface area contributed by atoms with Crippen molar-refractivity contribution in [1.82, 2.24) is 10.2 Å². The molecule has 0 radical (unpaired) electrons. The third-order valence-electron chi connectivity index (χ3n) is 2.00. The summed E-state index contributed by atoms with van der Waals surface area (Å²) in [4.78, 5) is 2.34. The van der Waals surface area contributed by atoms with Gasteiger partial charge in [0, 0.05) is 24.7 Å². The molecule has 2 nitrogen and oxygen atoms in total. The van der Waals surface area contributed by atoms with Crippen LogP contribution >= 0.6 is 11.6 Å². The van der Waals surface area contributed by atoms with Gasteiger partial charge in [-0.1, -0.05) is 17.7 Å². The summed E-state index contributed by atoms with van der Waals surface area (Å²) >= 11 is 5.38. The first-order valence-corrected chi connectivity index (χ1v) is 4.43. The minimum absolute atomic E-state index is 0.660. The molecule has 0 aliphatic carbocycles. The standard InChI is InChI=1S/C8H15ClN2/c1-11-6-3-8(7-11)10-5-2-4-9/h2,4,8,10H,3,5-7H2,1H3/b4-2+. The molecule has 0 aromatic rings. The number of halogens is 1. The van der Waals surface area contributed by atoms with Crippen molar-refractivity contribution in [3.05, 3.63) is 11.6 Å². The second-order valence-electron chi connectivity index (χ2n) is 3.02. The average Bonchev–Trinajstić information content (AvgIpc) is 2.37. The van der Waals surface area contributed by atoms with E-state index in [4.69, 9.17) is 11.6 Å². The van der Waals surface area contributed by atoms with Crippen LogP contribution in [0.5, 0.6) is 0 Å². The Hall–Kier alpha value is -0.0500. The van der Waals surface area contributed by atoms with Gasteiger partial charge in [-0.25, -0.2) is 0 Å². The Kier molecular flexibility index (Phi) is 3.91. The quantitative estimate of drug-likeness (QED) is 0.688. The summed E-state index contributed by atoms with van der Waals surface area (Å²) in [5.41, 5.74) is 1.56. The van der Waals surface area contributed by atoms with Crippen LogP contribution in [0.1, 0.15) is 6.42 Å². The minimum atomic E-state index is 0.660. The van der Waals surface area contributed by atoms with Crippen molar-refractivity contribution < 1.29 is 0 Å². The molecular formula is C8H15ClN2. The predicted molar refractivity (Wildman–Crippen MR) is 48.9 cm³/mol. The van der Waals surface area contributed by atoms with Gasteiger partial charge in [-0.05, 0) is 20.0 Å². The minimum Gasteiger partial charge on any atom is -0.309 e. The van der Waals surface area contributed by atoms with Gasteiger partial charge < -0.3 is 10.2 Å². The molecule has 1 rings (SSSR count). The van der Waals surface area contributed by atoms with Crippen LogP contribution in [0.15, 0.2) is 11.6 Å². The van der Waals surface area contributed by atoms with Gasteiger partial charge in [0.2, 0.25) is 0 Å². The van der Waals surface area contributed by atoms with E-state index in [9.17, 15) is 0 Å². The van der Waals surface area contributed by atoms with Crippen molar-refractivity contribution in [3.8, 4) is 0 Å². The maximum atomic E-state index is 5.38. The highest BCUT2D eigenvalue weighted by molar-refractivity contribution is 6.25. The summed E-state index contributed by atoms with van der Waals surface area (Å²) in [6.45, 7) is 3.26. The van der Waals surface area contributed by atoms with E-state index < -0.39 is 0 Å². The number of hydrogen-bond acceptors (Lipinski definition) is 2. The van der Waals surface area contributed by atoms with E-state index in [1.165, 1.54) is 13.0 Å². The molecule has 3 heteroatoms. The molecule has 0 spiro atoms. The molecule has 1 aliphatic rings. The fourth-order valence-corrected chi connectivity index (χ4v) is 1.47. The monoisotopic (exact) mass is 174 g/mol. The van der Waals surface area contributed by atoms with Crippen LogP contribution in [-0.4, -0.2) is 37.6 Å². The molecule has 0 aromatic heterocycles. The lowest BCUT2D eigenvalue weighted by atomic mass is 10.2. The first kappa shape index (κ1) is 9.04. The molecule has 0 bridgehead atoms. The fourth-order valence-electron chi connectivity index (χ4n) is 1.38. The molecule has 0 saturated carbocycles. The van der Waals surface area contributed by atoms with E-state index in [0.717, 1.165) is 13.1 Å². The Morgan fingerprint density at radius 3 is 3.09 bits per heavy atom. The van der Waals surface area contributed by atoms with E-state index in [2.05, 4.69) is 17.3 Å². The Bertz CT molecular complexity index is 136. The molecule has 1 N–H and O–H groups in total. The zero-order valence-corrected chi connectivity index (χ0v) is 7.64. The number of hydrogen-bond donors (Lipinski definition) is 1. The zero-order chi connectivity index (χ0) is 8.10. The summed E-state index contributed by atoms with van der Waals surface area (Å²) in [7, 11) is 2.15. The molecule has 11 heavy (non-hydrogen) atoms. The molecule has 1 fully saturated rings. The number of likely N-dealkylation sites (N-methyl/N-ethyl adjacent to an activating group) is 1. The Balaban J connectivity index is 2.08. The lowest BCUT2D eigenvalue weighted by molar-refractivity contribution is 0.401. The largest absolute Gasteiger partial charge is 0.309 e. The van der Waals surface area contributed by atoms with Gasteiger partial charge in [0.15, 0.2) is 0 Å². The second kappa shape index (κ2) is 4.75. The van der Waals surface area contributed by atoms with Crippen LogP contribution in [0.2, 0.25) is 0 Å². The van der Waals surface area contributed by atoms with E-state index in [-0.39, 0.29) is 0 Å². The van der Waals surface area contributed by atoms with Crippen LogP contribution in [0.25, 0.3) is 0 Å². The molecule has 0 aromatic carbocycles. The van der Waals surface area contributed by atoms with Gasteiger partial charge >= 0.3 is 0 Å². The molecular weight excluding hydrogens is 160 g/mol. The number of likely N-dealkylation sites (tertiary alicyclic amines) is 1. The van der Waals surface area contributed by atoms with Crippen LogP contribution in [0.4, 0.5) is 0 Å². The lowest BCUT2D eigenvalue weighted by Crippen LogP contribution is -2.31. The molecule has 64 valence electrons. The van der Waals surface area contributed by atoms with Crippen molar-refractivity contribution in [2.75, 3.05) is 26.7 Å². The van der Waals surface area contributed by atoms with Crippen LogP contribution in [0, 0.1) is 0 Å². The van der Waals surface area contributed by atoms with Crippen molar-refractivity contribution in [2.45, 2.75) is 12.5 Å². The molecule has 1 heterocycles. The van der Waals surface area contributed by atoms with Crippen LogP contribution in [-0.2, 0) is 0 Å². The highest BCUT2D eigenvalue weighted by Crippen LogP contribution is 2.05. The SMILES string of the molecule is CN1CCC(NC/C=C/Cl)C1. The first-order valence-electron chi connectivity index (χ1n) is 4.00. The second-order valence-corrected chi connectivity index (χ2v) is 3.27. The summed E-state index contributed by atoms with van der Waals surface area (Å²) in [6, 6.07) is 0.660. The Morgan fingerprint density at radius 2 is 2.55 bits per heavy atom. The Labute approximate surface area is 73.2 Å². The fraction of sp³-hybridized carbons (Fsp3) is 0.750. The summed E-state index contributed by atoms with van der Waals surface area (Å²) in [5, 5.41) is 3.40. The number of nitrogens with one attached hydrogen (secondary N) is 1. The smallest absolute Gasteiger partial charge is 0.0210 e. The summed E-state index contributed by atoms with van der Waals surface area (Å²) in [5.74, 6) is 0. The van der Waals surface area contributed by atoms with Crippen molar-refractivity contribution in [1.29, 1.82) is 0 Å². The number of rotatable bonds is 3. The van der Waals surface area contributed by atoms with Crippen LogP contribution < -0.4 is 5.32 Å². The molecule has 0 amide bonds.